The highest BCUT2D eigenvalue weighted by atomic mass is 16.3. The van der Waals surface area contributed by atoms with E-state index in [1.807, 2.05) is 6.92 Å². The molecule has 0 aromatic rings. The van der Waals surface area contributed by atoms with Gasteiger partial charge in [0.25, 0.3) is 0 Å². The van der Waals surface area contributed by atoms with Crippen molar-refractivity contribution in [3.8, 4) is 0 Å². The monoisotopic (exact) mass is 140 g/mol. The fraction of sp³-hybridized carbons (Fsp3) is 0.778. The van der Waals surface area contributed by atoms with Crippen molar-refractivity contribution in [1.29, 1.82) is 0 Å². The van der Waals surface area contributed by atoms with E-state index in [9.17, 15) is 5.11 Å². The van der Waals surface area contributed by atoms with E-state index in [0.29, 0.717) is 5.92 Å². The summed E-state index contributed by atoms with van der Waals surface area (Å²) in [4.78, 5) is 0. The quantitative estimate of drug-likeness (QED) is 0.553. The van der Waals surface area contributed by atoms with Crippen molar-refractivity contribution < 1.29 is 5.11 Å². The fourth-order valence-corrected chi connectivity index (χ4v) is 1.55. The van der Waals surface area contributed by atoms with Gasteiger partial charge in [0.1, 0.15) is 0 Å². The van der Waals surface area contributed by atoms with E-state index in [1.54, 1.807) is 0 Å². The van der Waals surface area contributed by atoms with E-state index in [-0.39, 0.29) is 6.10 Å². The number of aliphatic hydroxyl groups excluding tert-OH is 1. The summed E-state index contributed by atoms with van der Waals surface area (Å²) in [6.45, 7) is 4.04. The van der Waals surface area contributed by atoms with Crippen LogP contribution in [0.3, 0.4) is 0 Å². The first-order valence-corrected chi connectivity index (χ1v) is 4.04. The molecular formula is C9H16O. The predicted molar refractivity (Wildman–Crippen MR) is 42.8 cm³/mol. The summed E-state index contributed by atoms with van der Waals surface area (Å²) in [5, 5.41) is 9.27. The Kier molecular flexibility index (Phi) is 2.50. The third kappa shape index (κ3) is 1.84. The zero-order chi connectivity index (χ0) is 7.56. The lowest BCUT2D eigenvalue weighted by atomic mass is 9.86. The predicted octanol–water partition coefficient (Wildman–Crippen LogP) is 2.11. The number of rotatable bonds is 1. The zero-order valence-electron chi connectivity index (χ0n) is 6.80. The second-order valence-electron chi connectivity index (χ2n) is 3.33. The van der Waals surface area contributed by atoms with E-state index < -0.39 is 0 Å². The van der Waals surface area contributed by atoms with Crippen molar-refractivity contribution in [3.63, 3.8) is 0 Å². The molecule has 1 aliphatic rings. The highest BCUT2D eigenvalue weighted by Crippen LogP contribution is 2.25. The fourth-order valence-electron chi connectivity index (χ4n) is 1.55. The van der Waals surface area contributed by atoms with Crippen LogP contribution in [0, 0.1) is 5.92 Å². The standard InChI is InChI=1S/C9H16O/c1-7-4-3-5-9(6-7)8(2)10/h4,8-10H,3,5-6H2,1-2H3. The molecule has 0 saturated heterocycles. The van der Waals surface area contributed by atoms with Gasteiger partial charge in [0, 0.05) is 0 Å². The molecule has 2 unspecified atom stereocenters. The topological polar surface area (TPSA) is 20.2 Å². The van der Waals surface area contributed by atoms with Crippen LogP contribution in [0.5, 0.6) is 0 Å². The van der Waals surface area contributed by atoms with Crippen molar-refractivity contribution in [1.82, 2.24) is 0 Å². The maximum Gasteiger partial charge on any atom is 0.0543 e. The van der Waals surface area contributed by atoms with Gasteiger partial charge in [0.15, 0.2) is 0 Å². The van der Waals surface area contributed by atoms with Crippen molar-refractivity contribution >= 4 is 0 Å². The molecule has 0 amide bonds. The van der Waals surface area contributed by atoms with Gasteiger partial charge in [0.2, 0.25) is 0 Å². The van der Waals surface area contributed by atoms with Gasteiger partial charge in [-0.05, 0) is 39.0 Å². The minimum Gasteiger partial charge on any atom is -0.393 e. The van der Waals surface area contributed by atoms with Crippen LogP contribution in [0.1, 0.15) is 33.1 Å². The van der Waals surface area contributed by atoms with Gasteiger partial charge >= 0.3 is 0 Å². The van der Waals surface area contributed by atoms with Crippen LogP contribution < -0.4 is 0 Å². The summed E-state index contributed by atoms with van der Waals surface area (Å²) in [6.07, 6.45) is 5.57. The minimum absolute atomic E-state index is 0.122. The van der Waals surface area contributed by atoms with E-state index in [0.717, 1.165) is 19.3 Å². The maximum atomic E-state index is 9.27. The Morgan fingerprint density at radius 1 is 1.70 bits per heavy atom. The molecule has 0 bridgehead atoms. The molecule has 0 radical (unpaired) electrons. The van der Waals surface area contributed by atoms with Crippen LogP contribution in [0.4, 0.5) is 0 Å². The molecule has 0 saturated carbocycles. The van der Waals surface area contributed by atoms with Crippen LogP contribution in [-0.2, 0) is 0 Å². The molecular weight excluding hydrogens is 124 g/mol. The lowest BCUT2D eigenvalue weighted by Gasteiger charge is -2.23. The molecule has 1 aliphatic carbocycles. The van der Waals surface area contributed by atoms with Crippen LogP contribution in [0.15, 0.2) is 11.6 Å². The largest absolute Gasteiger partial charge is 0.393 e. The Hall–Kier alpha value is -0.300. The highest BCUT2D eigenvalue weighted by Gasteiger charge is 2.17. The average molecular weight is 140 g/mol. The normalized spacial score (nSPS) is 29.5. The van der Waals surface area contributed by atoms with E-state index in [4.69, 9.17) is 0 Å². The number of aliphatic hydroxyl groups is 1. The van der Waals surface area contributed by atoms with Crippen molar-refractivity contribution in [3.05, 3.63) is 11.6 Å². The zero-order valence-corrected chi connectivity index (χ0v) is 6.80. The van der Waals surface area contributed by atoms with Gasteiger partial charge in [-0.1, -0.05) is 11.6 Å². The molecule has 1 nitrogen and oxygen atoms in total. The molecule has 0 spiro atoms. The number of hydrogen-bond acceptors (Lipinski definition) is 1. The molecule has 0 aromatic heterocycles. The Morgan fingerprint density at radius 3 is 2.80 bits per heavy atom. The van der Waals surface area contributed by atoms with Gasteiger partial charge in [-0.2, -0.15) is 0 Å². The summed E-state index contributed by atoms with van der Waals surface area (Å²) in [5.41, 5.74) is 1.44. The lowest BCUT2D eigenvalue weighted by molar-refractivity contribution is 0.118. The highest BCUT2D eigenvalue weighted by molar-refractivity contribution is 5.03. The van der Waals surface area contributed by atoms with Gasteiger partial charge < -0.3 is 5.11 Å². The Morgan fingerprint density at radius 2 is 2.40 bits per heavy atom. The lowest BCUT2D eigenvalue weighted by Crippen LogP contribution is -2.18. The first-order chi connectivity index (χ1) is 4.70. The molecule has 10 heavy (non-hydrogen) atoms. The van der Waals surface area contributed by atoms with Crippen LogP contribution >= 0.6 is 0 Å². The Bertz CT molecular complexity index is 136. The first-order valence-electron chi connectivity index (χ1n) is 4.04. The first kappa shape index (κ1) is 7.80. The van der Waals surface area contributed by atoms with Gasteiger partial charge in [0.05, 0.1) is 6.10 Å². The van der Waals surface area contributed by atoms with E-state index in [2.05, 4.69) is 13.0 Å². The Balaban J connectivity index is 2.45. The Labute approximate surface area is 62.8 Å². The number of allylic oxidation sites excluding steroid dienone is 2. The van der Waals surface area contributed by atoms with Crippen molar-refractivity contribution in [2.45, 2.75) is 39.2 Å². The molecule has 0 heterocycles. The number of hydrogen-bond donors (Lipinski definition) is 1. The summed E-state index contributed by atoms with van der Waals surface area (Å²) < 4.78 is 0. The van der Waals surface area contributed by atoms with Crippen molar-refractivity contribution in [2.75, 3.05) is 0 Å². The van der Waals surface area contributed by atoms with Crippen LogP contribution in [0.2, 0.25) is 0 Å². The maximum absolute atomic E-state index is 9.27. The summed E-state index contributed by atoms with van der Waals surface area (Å²) in [6, 6.07) is 0. The van der Waals surface area contributed by atoms with Crippen LogP contribution in [-0.4, -0.2) is 11.2 Å². The second kappa shape index (κ2) is 3.20. The minimum atomic E-state index is -0.122. The third-order valence-corrected chi connectivity index (χ3v) is 2.30. The second-order valence-corrected chi connectivity index (χ2v) is 3.33. The van der Waals surface area contributed by atoms with Gasteiger partial charge in [-0.3, -0.25) is 0 Å². The van der Waals surface area contributed by atoms with E-state index in [1.165, 1.54) is 5.57 Å². The molecule has 58 valence electrons. The van der Waals surface area contributed by atoms with Gasteiger partial charge in [-0.25, -0.2) is 0 Å². The van der Waals surface area contributed by atoms with Gasteiger partial charge in [-0.15, -0.1) is 0 Å². The van der Waals surface area contributed by atoms with Crippen LogP contribution in [0.25, 0.3) is 0 Å². The molecule has 1 rings (SSSR count). The smallest absolute Gasteiger partial charge is 0.0543 e. The van der Waals surface area contributed by atoms with E-state index >= 15 is 0 Å². The summed E-state index contributed by atoms with van der Waals surface area (Å²) in [7, 11) is 0. The molecule has 2 atom stereocenters. The molecule has 0 aromatic carbocycles. The third-order valence-electron chi connectivity index (χ3n) is 2.30. The SMILES string of the molecule is CC1=CCCC(C(C)O)C1. The molecule has 1 N–H and O–H groups in total. The molecule has 0 fully saturated rings. The average Bonchev–Trinajstić information content (AvgIpc) is 1.88. The summed E-state index contributed by atoms with van der Waals surface area (Å²) >= 11 is 0. The van der Waals surface area contributed by atoms with Crippen molar-refractivity contribution in [2.24, 2.45) is 5.92 Å². The molecule has 1 heteroatoms. The summed E-state index contributed by atoms with van der Waals surface area (Å²) in [5.74, 6) is 0.519. The molecule has 0 aliphatic heterocycles.